The number of hydrogen-bond acceptors (Lipinski definition) is 4. The summed E-state index contributed by atoms with van der Waals surface area (Å²) in [6.45, 7) is 1.19. The fourth-order valence-electron chi connectivity index (χ4n) is 1.70. The summed E-state index contributed by atoms with van der Waals surface area (Å²) in [5.41, 5.74) is 0.577. The molecule has 1 N–H and O–H groups in total. The summed E-state index contributed by atoms with van der Waals surface area (Å²) in [7, 11) is -2.87. The highest BCUT2D eigenvalue weighted by molar-refractivity contribution is 7.91. The van der Waals surface area contributed by atoms with Crippen LogP contribution in [0.3, 0.4) is 0 Å². The highest BCUT2D eigenvalue weighted by Gasteiger charge is 2.23. The summed E-state index contributed by atoms with van der Waals surface area (Å²) in [6, 6.07) is 3.50. The van der Waals surface area contributed by atoms with Crippen LogP contribution in [0.2, 0.25) is 0 Å². The summed E-state index contributed by atoms with van der Waals surface area (Å²) in [6.07, 6.45) is 1.70. The third kappa shape index (κ3) is 2.70. The molecule has 0 aliphatic carbocycles. The van der Waals surface area contributed by atoms with Gasteiger partial charge in [-0.15, -0.1) is 0 Å². The van der Waals surface area contributed by atoms with Crippen LogP contribution in [-0.2, 0) is 9.84 Å². The third-order valence-corrected chi connectivity index (χ3v) is 4.31. The molecule has 0 radical (unpaired) electrons. The van der Waals surface area contributed by atoms with Crippen molar-refractivity contribution in [1.82, 2.24) is 9.88 Å². The summed E-state index contributed by atoms with van der Waals surface area (Å²) in [4.78, 5) is 16.4. The second kappa shape index (κ2) is 4.39. The van der Waals surface area contributed by atoms with Gasteiger partial charge in [-0.05, 0) is 12.1 Å². The van der Waals surface area contributed by atoms with E-state index in [9.17, 15) is 13.2 Å². The van der Waals surface area contributed by atoms with Crippen molar-refractivity contribution in [2.45, 2.75) is 0 Å². The molecule has 1 aromatic heterocycles. The Balaban J connectivity index is 1.90. The minimum atomic E-state index is -2.87. The number of nitrogens with one attached hydrogen (secondary N) is 1. The van der Waals surface area contributed by atoms with Crippen molar-refractivity contribution >= 4 is 15.6 Å². The van der Waals surface area contributed by atoms with Crippen LogP contribution < -0.4 is 0 Å². The summed E-state index contributed by atoms with van der Waals surface area (Å²) in [5, 5.41) is 0. The van der Waals surface area contributed by atoms with E-state index < -0.39 is 9.84 Å². The minimum Gasteiger partial charge on any atom is -0.359 e. The molecule has 0 bridgehead atoms. The average Bonchev–Trinajstić information content (AvgIpc) is 2.74. The van der Waals surface area contributed by atoms with Crippen molar-refractivity contribution < 1.29 is 13.2 Å². The summed E-state index contributed by atoms with van der Waals surface area (Å²) >= 11 is 0. The Labute approximate surface area is 94.4 Å². The second-order valence-electron chi connectivity index (χ2n) is 3.93. The van der Waals surface area contributed by atoms with Gasteiger partial charge in [0.25, 0.3) is 0 Å². The van der Waals surface area contributed by atoms with Crippen molar-refractivity contribution in [2.75, 3.05) is 31.1 Å². The van der Waals surface area contributed by atoms with Crippen molar-refractivity contribution in [1.29, 1.82) is 0 Å². The molecular formula is C10H14N2O3S. The van der Waals surface area contributed by atoms with Gasteiger partial charge in [0.2, 0.25) is 0 Å². The van der Waals surface area contributed by atoms with Gasteiger partial charge in [-0.3, -0.25) is 9.69 Å². The Morgan fingerprint density at radius 2 is 2.06 bits per heavy atom. The fourth-order valence-corrected chi connectivity index (χ4v) is 2.98. The van der Waals surface area contributed by atoms with Gasteiger partial charge in [0.15, 0.2) is 15.6 Å². The van der Waals surface area contributed by atoms with Crippen molar-refractivity contribution in [2.24, 2.45) is 0 Å². The smallest absolute Gasteiger partial charge is 0.192 e. The van der Waals surface area contributed by atoms with Crippen LogP contribution in [0.5, 0.6) is 0 Å². The second-order valence-corrected chi connectivity index (χ2v) is 6.24. The highest BCUT2D eigenvalue weighted by atomic mass is 32.2. The normalized spacial score (nSPS) is 20.8. The topological polar surface area (TPSA) is 70.2 Å². The Kier molecular flexibility index (Phi) is 3.11. The van der Waals surface area contributed by atoms with Gasteiger partial charge in [-0.2, -0.15) is 0 Å². The van der Waals surface area contributed by atoms with Crippen LogP contribution in [0.25, 0.3) is 0 Å². The van der Waals surface area contributed by atoms with E-state index >= 15 is 0 Å². The van der Waals surface area contributed by atoms with Gasteiger partial charge < -0.3 is 4.98 Å². The third-order valence-electron chi connectivity index (χ3n) is 2.70. The van der Waals surface area contributed by atoms with E-state index in [0.29, 0.717) is 18.8 Å². The maximum absolute atomic E-state index is 11.7. The molecule has 16 heavy (non-hydrogen) atoms. The lowest BCUT2D eigenvalue weighted by Gasteiger charge is -2.25. The molecule has 6 heteroatoms. The van der Waals surface area contributed by atoms with Crippen LogP contribution >= 0.6 is 0 Å². The van der Waals surface area contributed by atoms with Crippen LogP contribution in [0.1, 0.15) is 10.5 Å². The molecule has 2 heterocycles. The molecule has 88 valence electrons. The Bertz CT molecular complexity index is 450. The number of H-pyrrole nitrogens is 1. The number of rotatable bonds is 3. The number of hydrogen-bond donors (Lipinski definition) is 1. The number of Topliss-reactive ketones (excluding diaryl/α,β-unsaturated/α-hetero) is 1. The van der Waals surface area contributed by atoms with E-state index in [1.807, 2.05) is 4.90 Å². The van der Waals surface area contributed by atoms with E-state index in [1.165, 1.54) is 0 Å². The first kappa shape index (κ1) is 11.3. The molecule has 0 amide bonds. The number of carbonyl (C=O) groups is 1. The number of nitrogens with zero attached hydrogens (tertiary/aromatic N) is 1. The van der Waals surface area contributed by atoms with Crippen molar-refractivity contribution in [3.63, 3.8) is 0 Å². The van der Waals surface area contributed by atoms with E-state index in [2.05, 4.69) is 4.98 Å². The van der Waals surface area contributed by atoms with E-state index in [4.69, 9.17) is 0 Å². The van der Waals surface area contributed by atoms with Gasteiger partial charge >= 0.3 is 0 Å². The molecule has 1 aromatic rings. The Hall–Kier alpha value is -1.14. The maximum atomic E-state index is 11.7. The predicted octanol–water partition coefficient (Wildman–Crippen LogP) is -0.0722. The molecule has 0 unspecified atom stereocenters. The molecule has 1 aliphatic rings. The van der Waals surface area contributed by atoms with Crippen LogP contribution in [0.15, 0.2) is 18.3 Å². The predicted molar refractivity (Wildman–Crippen MR) is 60.2 cm³/mol. The maximum Gasteiger partial charge on any atom is 0.192 e. The zero-order valence-corrected chi connectivity index (χ0v) is 9.66. The molecule has 1 saturated heterocycles. The van der Waals surface area contributed by atoms with Gasteiger partial charge in [-0.1, -0.05) is 0 Å². The van der Waals surface area contributed by atoms with Crippen LogP contribution in [0.4, 0.5) is 0 Å². The van der Waals surface area contributed by atoms with Crippen molar-refractivity contribution in [3.8, 4) is 0 Å². The monoisotopic (exact) mass is 242 g/mol. The first-order valence-electron chi connectivity index (χ1n) is 5.16. The molecule has 2 rings (SSSR count). The lowest BCUT2D eigenvalue weighted by molar-refractivity contribution is 0.0931. The lowest BCUT2D eigenvalue weighted by atomic mass is 10.2. The number of aromatic nitrogens is 1. The number of sulfone groups is 1. The van der Waals surface area contributed by atoms with Gasteiger partial charge in [0.1, 0.15) is 0 Å². The minimum absolute atomic E-state index is 0.00398. The average molecular weight is 242 g/mol. The first-order valence-corrected chi connectivity index (χ1v) is 6.98. The number of ketones is 1. The van der Waals surface area contributed by atoms with Crippen LogP contribution in [0, 0.1) is 0 Å². The highest BCUT2D eigenvalue weighted by Crippen LogP contribution is 2.05. The largest absolute Gasteiger partial charge is 0.359 e. The summed E-state index contributed by atoms with van der Waals surface area (Å²) in [5.74, 6) is 0.319. The SMILES string of the molecule is O=C(CN1CCS(=O)(=O)CC1)c1ccc[nH]1. The van der Waals surface area contributed by atoms with E-state index in [0.717, 1.165) is 0 Å². The lowest BCUT2D eigenvalue weighted by Crippen LogP contribution is -2.42. The molecule has 1 aliphatic heterocycles. The Morgan fingerprint density at radius 3 is 2.62 bits per heavy atom. The molecule has 0 aromatic carbocycles. The molecular weight excluding hydrogens is 228 g/mol. The Morgan fingerprint density at radius 1 is 1.38 bits per heavy atom. The molecule has 0 atom stereocenters. The van der Waals surface area contributed by atoms with Crippen LogP contribution in [-0.4, -0.2) is 55.2 Å². The van der Waals surface area contributed by atoms with E-state index in [-0.39, 0.29) is 23.8 Å². The van der Waals surface area contributed by atoms with Gasteiger partial charge in [0, 0.05) is 19.3 Å². The fraction of sp³-hybridized carbons (Fsp3) is 0.500. The van der Waals surface area contributed by atoms with Gasteiger partial charge in [-0.25, -0.2) is 8.42 Å². The standard InChI is InChI=1S/C10H14N2O3S/c13-10(9-2-1-3-11-9)8-12-4-6-16(14,15)7-5-12/h1-3,11H,4-8H2. The van der Waals surface area contributed by atoms with Gasteiger partial charge in [0.05, 0.1) is 23.7 Å². The molecule has 0 spiro atoms. The molecule has 0 saturated carbocycles. The van der Waals surface area contributed by atoms with Crippen molar-refractivity contribution in [3.05, 3.63) is 24.0 Å². The molecule has 1 fully saturated rings. The molecule has 5 nitrogen and oxygen atoms in total. The number of aromatic amines is 1. The summed E-state index contributed by atoms with van der Waals surface area (Å²) < 4.78 is 22.4. The van der Waals surface area contributed by atoms with E-state index in [1.54, 1.807) is 18.3 Å². The first-order chi connectivity index (χ1) is 7.57. The number of carbonyl (C=O) groups excluding carboxylic acids is 1. The zero-order valence-electron chi connectivity index (χ0n) is 8.85. The quantitative estimate of drug-likeness (QED) is 0.753. The zero-order chi connectivity index (χ0) is 11.6.